The third kappa shape index (κ3) is 6.44. The number of nitrogens with zero attached hydrogens (tertiary/aromatic N) is 2. The predicted molar refractivity (Wildman–Crippen MR) is 136 cm³/mol. The SMILES string of the molecule is COc1ccc([N+](=O)[O-])cc1NC(=O)/C(C#N)=C/c1ccc(OCc2ccc(Cl)cc2Cl)c(OC)c1. The number of non-ortho nitro benzene ring substituents is 1. The fourth-order valence-corrected chi connectivity index (χ4v) is 3.56. The van der Waals surface area contributed by atoms with E-state index < -0.39 is 10.8 Å². The van der Waals surface area contributed by atoms with Crippen LogP contribution in [0.4, 0.5) is 11.4 Å². The van der Waals surface area contributed by atoms with Crippen LogP contribution in [0.15, 0.2) is 60.2 Å². The van der Waals surface area contributed by atoms with Crippen LogP contribution < -0.4 is 19.5 Å². The van der Waals surface area contributed by atoms with Crippen molar-refractivity contribution in [1.29, 1.82) is 5.26 Å². The maximum atomic E-state index is 12.7. The van der Waals surface area contributed by atoms with Gasteiger partial charge in [-0.2, -0.15) is 5.26 Å². The average Bonchev–Trinajstić information content (AvgIpc) is 2.86. The van der Waals surface area contributed by atoms with E-state index in [0.29, 0.717) is 27.1 Å². The number of nitro groups is 1. The molecule has 0 heterocycles. The van der Waals surface area contributed by atoms with E-state index in [4.69, 9.17) is 37.4 Å². The number of nitrogens with one attached hydrogen (secondary N) is 1. The number of carbonyl (C=O) groups excluding carboxylic acids is 1. The largest absolute Gasteiger partial charge is 0.495 e. The van der Waals surface area contributed by atoms with Gasteiger partial charge in [0.05, 0.1) is 24.8 Å². The number of amides is 1. The highest BCUT2D eigenvalue weighted by Gasteiger charge is 2.17. The molecule has 0 unspecified atom stereocenters. The third-order valence-electron chi connectivity index (χ3n) is 4.90. The number of anilines is 1. The van der Waals surface area contributed by atoms with Gasteiger partial charge in [0.15, 0.2) is 11.5 Å². The van der Waals surface area contributed by atoms with E-state index in [0.717, 1.165) is 11.6 Å². The van der Waals surface area contributed by atoms with Crippen molar-refractivity contribution in [2.24, 2.45) is 0 Å². The first kappa shape index (κ1) is 26.3. The molecule has 36 heavy (non-hydrogen) atoms. The first-order valence-corrected chi connectivity index (χ1v) is 11.0. The molecule has 0 saturated heterocycles. The molecular weight excluding hydrogens is 509 g/mol. The van der Waals surface area contributed by atoms with Crippen LogP contribution in [0.5, 0.6) is 17.2 Å². The van der Waals surface area contributed by atoms with Gasteiger partial charge in [-0.25, -0.2) is 0 Å². The molecule has 0 fully saturated rings. The normalized spacial score (nSPS) is 10.8. The second kappa shape index (κ2) is 11.9. The molecule has 1 amide bonds. The Labute approximate surface area is 216 Å². The van der Waals surface area contributed by atoms with E-state index in [2.05, 4.69) is 5.32 Å². The Balaban J connectivity index is 1.81. The number of hydrogen-bond acceptors (Lipinski definition) is 7. The van der Waals surface area contributed by atoms with Gasteiger partial charge in [0.1, 0.15) is 24.0 Å². The van der Waals surface area contributed by atoms with Crippen LogP contribution in [-0.2, 0) is 11.4 Å². The van der Waals surface area contributed by atoms with Gasteiger partial charge in [-0.15, -0.1) is 0 Å². The molecule has 9 nitrogen and oxygen atoms in total. The van der Waals surface area contributed by atoms with Crippen molar-refractivity contribution in [3.63, 3.8) is 0 Å². The van der Waals surface area contributed by atoms with Crippen molar-refractivity contribution in [1.82, 2.24) is 0 Å². The molecule has 1 N–H and O–H groups in total. The van der Waals surface area contributed by atoms with E-state index in [1.807, 2.05) is 6.07 Å². The number of methoxy groups -OCH3 is 2. The lowest BCUT2D eigenvalue weighted by molar-refractivity contribution is -0.384. The Hall–Kier alpha value is -4.26. The first-order valence-electron chi connectivity index (χ1n) is 10.3. The molecule has 0 saturated carbocycles. The molecule has 0 spiro atoms. The number of hydrogen-bond donors (Lipinski definition) is 1. The van der Waals surface area contributed by atoms with Crippen molar-refractivity contribution < 1.29 is 23.9 Å². The lowest BCUT2D eigenvalue weighted by atomic mass is 10.1. The lowest BCUT2D eigenvalue weighted by Crippen LogP contribution is -2.14. The number of nitriles is 1. The van der Waals surface area contributed by atoms with Gasteiger partial charge < -0.3 is 19.5 Å². The van der Waals surface area contributed by atoms with Crippen LogP contribution in [-0.4, -0.2) is 25.1 Å². The number of halogens is 2. The van der Waals surface area contributed by atoms with Gasteiger partial charge in [0.25, 0.3) is 11.6 Å². The fourth-order valence-electron chi connectivity index (χ4n) is 3.10. The van der Waals surface area contributed by atoms with Gasteiger partial charge in [-0.05, 0) is 42.0 Å². The molecule has 0 radical (unpaired) electrons. The number of ether oxygens (including phenoxy) is 3. The Bertz CT molecular complexity index is 1380. The smallest absolute Gasteiger partial charge is 0.271 e. The molecule has 3 rings (SSSR count). The van der Waals surface area contributed by atoms with Crippen molar-refractivity contribution in [2.75, 3.05) is 19.5 Å². The molecule has 3 aromatic rings. The minimum atomic E-state index is -0.770. The fraction of sp³-hybridized carbons (Fsp3) is 0.120. The summed E-state index contributed by atoms with van der Waals surface area (Å²) < 4.78 is 16.3. The number of nitro benzene ring substituents is 1. The topological polar surface area (TPSA) is 124 Å². The van der Waals surface area contributed by atoms with Gasteiger partial charge in [0.2, 0.25) is 0 Å². The highest BCUT2D eigenvalue weighted by molar-refractivity contribution is 6.35. The summed E-state index contributed by atoms with van der Waals surface area (Å²) in [6, 6.07) is 15.5. The maximum absolute atomic E-state index is 12.7. The molecule has 0 atom stereocenters. The van der Waals surface area contributed by atoms with E-state index >= 15 is 0 Å². The summed E-state index contributed by atoms with van der Waals surface area (Å²) in [6.45, 7) is 0.165. The average molecular weight is 528 g/mol. The van der Waals surface area contributed by atoms with Crippen LogP contribution >= 0.6 is 23.2 Å². The summed E-state index contributed by atoms with van der Waals surface area (Å²) in [6.07, 6.45) is 1.35. The zero-order chi connectivity index (χ0) is 26.2. The Morgan fingerprint density at radius 3 is 2.42 bits per heavy atom. The van der Waals surface area contributed by atoms with Crippen molar-refractivity contribution >= 4 is 46.6 Å². The Kier molecular flexibility index (Phi) is 8.73. The molecule has 0 aliphatic carbocycles. The molecule has 184 valence electrons. The molecule has 0 aliphatic rings. The summed E-state index contributed by atoms with van der Waals surface area (Å²) in [7, 11) is 2.81. The Morgan fingerprint density at radius 2 is 1.78 bits per heavy atom. The highest BCUT2D eigenvalue weighted by atomic mass is 35.5. The van der Waals surface area contributed by atoms with Gasteiger partial charge in [0, 0.05) is 27.7 Å². The highest BCUT2D eigenvalue weighted by Crippen LogP contribution is 2.32. The van der Waals surface area contributed by atoms with Gasteiger partial charge >= 0.3 is 0 Å². The first-order chi connectivity index (χ1) is 17.2. The summed E-state index contributed by atoms with van der Waals surface area (Å²) in [4.78, 5) is 23.2. The number of rotatable bonds is 9. The van der Waals surface area contributed by atoms with E-state index in [9.17, 15) is 20.2 Å². The zero-order valence-electron chi connectivity index (χ0n) is 19.1. The second-order valence-electron chi connectivity index (χ2n) is 7.20. The van der Waals surface area contributed by atoms with E-state index in [1.54, 1.807) is 36.4 Å². The molecule has 3 aromatic carbocycles. The van der Waals surface area contributed by atoms with Crippen LogP contribution in [0.3, 0.4) is 0 Å². The summed E-state index contributed by atoms with van der Waals surface area (Å²) in [5, 5.41) is 24.1. The molecule has 0 aliphatic heterocycles. The molecule has 0 aromatic heterocycles. The lowest BCUT2D eigenvalue weighted by Gasteiger charge is -2.13. The van der Waals surface area contributed by atoms with Crippen molar-refractivity contribution in [2.45, 2.75) is 6.61 Å². The summed E-state index contributed by atoms with van der Waals surface area (Å²) >= 11 is 12.1. The molecular formula is C25H19Cl2N3O6. The number of carbonyl (C=O) groups is 1. The van der Waals surface area contributed by atoms with E-state index in [-0.39, 0.29) is 29.3 Å². The van der Waals surface area contributed by atoms with Crippen molar-refractivity contribution in [3.05, 3.63) is 91.5 Å². The third-order valence-corrected chi connectivity index (χ3v) is 5.49. The van der Waals surface area contributed by atoms with Gasteiger partial charge in [-0.1, -0.05) is 35.3 Å². The predicted octanol–water partition coefficient (Wildman–Crippen LogP) is 6.04. The minimum absolute atomic E-state index is 0.0556. The second-order valence-corrected chi connectivity index (χ2v) is 8.04. The maximum Gasteiger partial charge on any atom is 0.271 e. The molecule has 0 bridgehead atoms. The quantitative estimate of drug-likeness (QED) is 0.155. The van der Waals surface area contributed by atoms with E-state index in [1.165, 1.54) is 32.4 Å². The minimum Gasteiger partial charge on any atom is -0.495 e. The number of benzene rings is 3. The van der Waals surface area contributed by atoms with Gasteiger partial charge in [-0.3, -0.25) is 14.9 Å². The van der Waals surface area contributed by atoms with Crippen LogP contribution in [0.1, 0.15) is 11.1 Å². The van der Waals surface area contributed by atoms with Crippen LogP contribution in [0, 0.1) is 21.4 Å². The monoisotopic (exact) mass is 527 g/mol. The van der Waals surface area contributed by atoms with Crippen molar-refractivity contribution in [3.8, 4) is 23.3 Å². The zero-order valence-corrected chi connectivity index (χ0v) is 20.6. The standard InChI is InChI=1S/C25H19Cl2N3O6/c1-34-22-8-6-19(30(32)33)12-21(22)29-25(31)17(13-28)9-15-3-7-23(24(10-15)35-2)36-14-16-4-5-18(26)11-20(16)27/h3-12H,14H2,1-2H3,(H,29,31)/b17-9+. The summed E-state index contributed by atoms with van der Waals surface area (Å²) in [5.41, 5.74) is 0.787. The molecule has 11 heteroatoms. The summed E-state index contributed by atoms with van der Waals surface area (Å²) in [5.74, 6) is 0.222. The van der Waals surface area contributed by atoms with Crippen LogP contribution in [0.25, 0.3) is 6.08 Å². The van der Waals surface area contributed by atoms with Crippen LogP contribution in [0.2, 0.25) is 10.0 Å². The Morgan fingerprint density at radius 1 is 1.06 bits per heavy atom.